The number of thiophene rings is 1. The van der Waals surface area contributed by atoms with Gasteiger partial charge in [0.15, 0.2) is 0 Å². The van der Waals surface area contributed by atoms with Crippen LogP contribution in [-0.2, 0) is 16.6 Å². The van der Waals surface area contributed by atoms with Crippen LogP contribution in [0, 0.1) is 11.3 Å². The maximum atomic E-state index is 12.5. The minimum Gasteiger partial charge on any atom is -0.206 e. The highest BCUT2D eigenvalue weighted by Gasteiger charge is 2.24. The number of sulfonamides is 1. The van der Waals surface area contributed by atoms with Crippen molar-refractivity contribution in [2.45, 2.75) is 10.8 Å². The Kier molecular flexibility index (Phi) is 4.91. The monoisotopic (exact) mass is 318 g/mol. The van der Waals surface area contributed by atoms with Gasteiger partial charge in [0, 0.05) is 13.1 Å². The Labute approximate surface area is 128 Å². The summed E-state index contributed by atoms with van der Waals surface area (Å²) in [5, 5.41) is 10.5. The van der Waals surface area contributed by atoms with E-state index in [9.17, 15) is 8.42 Å². The van der Waals surface area contributed by atoms with Gasteiger partial charge in [-0.1, -0.05) is 24.3 Å². The van der Waals surface area contributed by atoms with Crippen molar-refractivity contribution in [3.8, 4) is 6.07 Å². The molecular formula is C15H14N2O2S2. The van der Waals surface area contributed by atoms with Gasteiger partial charge in [-0.3, -0.25) is 0 Å². The molecule has 0 aliphatic carbocycles. The molecule has 2 rings (SSSR count). The molecule has 1 aromatic carbocycles. The third-order valence-electron chi connectivity index (χ3n) is 2.86. The van der Waals surface area contributed by atoms with Crippen molar-refractivity contribution < 1.29 is 8.42 Å². The fourth-order valence-corrected chi connectivity index (χ4v) is 4.36. The van der Waals surface area contributed by atoms with E-state index in [1.165, 1.54) is 15.6 Å². The minimum atomic E-state index is -3.52. The lowest BCUT2D eigenvalue weighted by atomic mass is 10.1. The van der Waals surface area contributed by atoms with Crippen LogP contribution in [0.1, 0.15) is 11.1 Å². The topological polar surface area (TPSA) is 61.2 Å². The first kappa shape index (κ1) is 15.4. The van der Waals surface area contributed by atoms with E-state index in [-0.39, 0.29) is 13.1 Å². The molecule has 0 atom stereocenters. The molecule has 108 valence electrons. The van der Waals surface area contributed by atoms with Gasteiger partial charge in [-0.2, -0.15) is 9.57 Å². The van der Waals surface area contributed by atoms with Gasteiger partial charge in [-0.25, -0.2) is 8.42 Å². The Balaban J connectivity index is 2.27. The molecule has 0 saturated carbocycles. The SMILES string of the molecule is C=CCN(Cc1ccc(C#N)cc1)S(=O)(=O)c1cccs1. The number of benzene rings is 1. The van der Waals surface area contributed by atoms with Crippen molar-refractivity contribution in [2.75, 3.05) is 6.54 Å². The largest absolute Gasteiger partial charge is 0.253 e. The van der Waals surface area contributed by atoms with Gasteiger partial charge in [0.2, 0.25) is 0 Å². The molecule has 0 spiro atoms. The highest BCUT2D eigenvalue weighted by atomic mass is 32.2. The molecular weight excluding hydrogens is 304 g/mol. The van der Waals surface area contributed by atoms with Crippen LogP contribution in [0.25, 0.3) is 0 Å². The zero-order valence-corrected chi connectivity index (χ0v) is 12.9. The van der Waals surface area contributed by atoms with Crippen LogP contribution in [0.15, 0.2) is 58.6 Å². The minimum absolute atomic E-state index is 0.236. The molecule has 0 radical (unpaired) electrons. The van der Waals surface area contributed by atoms with Gasteiger partial charge in [0.05, 0.1) is 11.6 Å². The zero-order valence-electron chi connectivity index (χ0n) is 11.3. The number of hydrogen-bond donors (Lipinski definition) is 0. The van der Waals surface area contributed by atoms with Crippen molar-refractivity contribution in [3.63, 3.8) is 0 Å². The standard InChI is InChI=1S/C15H14N2O2S2/c1-2-9-17(21(18,19)15-4-3-10-20-15)12-14-7-5-13(11-16)6-8-14/h2-8,10H,1,9,12H2. The van der Waals surface area contributed by atoms with Crippen LogP contribution in [0.3, 0.4) is 0 Å². The van der Waals surface area contributed by atoms with E-state index in [1.807, 2.05) is 6.07 Å². The van der Waals surface area contributed by atoms with E-state index < -0.39 is 10.0 Å². The first-order valence-corrected chi connectivity index (χ1v) is 8.53. The summed E-state index contributed by atoms with van der Waals surface area (Å²) in [5.41, 5.74) is 1.38. The van der Waals surface area contributed by atoms with Gasteiger partial charge in [-0.15, -0.1) is 17.9 Å². The van der Waals surface area contributed by atoms with E-state index in [2.05, 4.69) is 6.58 Å². The van der Waals surface area contributed by atoms with E-state index in [0.717, 1.165) is 5.56 Å². The molecule has 0 amide bonds. The van der Waals surface area contributed by atoms with Gasteiger partial charge in [-0.05, 0) is 29.1 Å². The smallest absolute Gasteiger partial charge is 0.206 e. The van der Waals surface area contributed by atoms with Crippen molar-refractivity contribution in [3.05, 3.63) is 65.6 Å². The first-order chi connectivity index (χ1) is 10.1. The number of rotatable bonds is 6. The molecule has 0 bridgehead atoms. The number of hydrogen-bond acceptors (Lipinski definition) is 4. The average Bonchev–Trinajstić information content (AvgIpc) is 3.02. The summed E-state index contributed by atoms with van der Waals surface area (Å²) in [4.78, 5) is 0. The molecule has 21 heavy (non-hydrogen) atoms. The van der Waals surface area contributed by atoms with E-state index in [1.54, 1.807) is 47.9 Å². The molecule has 0 aliphatic heterocycles. The summed E-state index contributed by atoms with van der Waals surface area (Å²) in [7, 11) is -3.52. The quantitative estimate of drug-likeness (QED) is 0.769. The molecule has 0 saturated heterocycles. The second kappa shape index (κ2) is 6.68. The van der Waals surface area contributed by atoms with E-state index in [4.69, 9.17) is 5.26 Å². The Bertz CT molecular complexity index is 742. The molecule has 4 nitrogen and oxygen atoms in total. The highest BCUT2D eigenvalue weighted by molar-refractivity contribution is 7.91. The fourth-order valence-electron chi connectivity index (χ4n) is 1.82. The molecule has 6 heteroatoms. The lowest BCUT2D eigenvalue weighted by Gasteiger charge is -2.19. The predicted octanol–water partition coefficient (Wildman–Crippen LogP) is 3.00. The van der Waals surface area contributed by atoms with Crippen molar-refractivity contribution in [1.29, 1.82) is 5.26 Å². The second-order valence-corrected chi connectivity index (χ2v) is 7.44. The van der Waals surface area contributed by atoms with Crippen LogP contribution in [0.2, 0.25) is 0 Å². The number of nitrogens with zero attached hydrogens (tertiary/aromatic N) is 2. The molecule has 0 N–H and O–H groups in total. The first-order valence-electron chi connectivity index (χ1n) is 6.21. The summed E-state index contributed by atoms with van der Waals surface area (Å²) >= 11 is 1.19. The molecule has 0 aliphatic rings. The van der Waals surface area contributed by atoms with Crippen LogP contribution in [-0.4, -0.2) is 19.3 Å². The Morgan fingerprint density at radius 3 is 2.52 bits per heavy atom. The third-order valence-corrected chi connectivity index (χ3v) is 6.05. The zero-order chi connectivity index (χ0) is 15.3. The van der Waals surface area contributed by atoms with Crippen molar-refractivity contribution in [1.82, 2.24) is 4.31 Å². The van der Waals surface area contributed by atoms with Gasteiger partial charge >= 0.3 is 0 Å². The van der Waals surface area contributed by atoms with Crippen molar-refractivity contribution in [2.24, 2.45) is 0 Å². The Morgan fingerprint density at radius 1 is 1.29 bits per heavy atom. The Morgan fingerprint density at radius 2 is 2.00 bits per heavy atom. The van der Waals surface area contributed by atoms with Crippen LogP contribution in [0.5, 0.6) is 0 Å². The normalized spacial score (nSPS) is 11.2. The molecule has 0 unspecified atom stereocenters. The summed E-state index contributed by atoms with van der Waals surface area (Å²) in [6, 6.07) is 12.2. The fraction of sp³-hybridized carbons (Fsp3) is 0.133. The average molecular weight is 318 g/mol. The predicted molar refractivity (Wildman–Crippen MR) is 83.3 cm³/mol. The summed E-state index contributed by atoms with van der Waals surface area (Å²) in [6.07, 6.45) is 1.56. The maximum Gasteiger partial charge on any atom is 0.253 e. The third kappa shape index (κ3) is 3.58. The summed E-state index contributed by atoms with van der Waals surface area (Å²) in [6.45, 7) is 4.10. The molecule has 0 fully saturated rings. The van der Waals surface area contributed by atoms with Crippen LogP contribution in [0.4, 0.5) is 0 Å². The van der Waals surface area contributed by atoms with Gasteiger partial charge in [0.1, 0.15) is 4.21 Å². The van der Waals surface area contributed by atoms with Crippen LogP contribution >= 0.6 is 11.3 Å². The highest BCUT2D eigenvalue weighted by Crippen LogP contribution is 2.22. The van der Waals surface area contributed by atoms with E-state index in [0.29, 0.717) is 9.77 Å². The Hall–Kier alpha value is -1.94. The summed E-state index contributed by atoms with van der Waals surface area (Å²) in [5.74, 6) is 0. The van der Waals surface area contributed by atoms with Crippen molar-refractivity contribution >= 4 is 21.4 Å². The second-order valence-electron chi connectivity index (χ2n) is 4.33. The maximum absolute atomic E-state index is 12.5. The lowest BCUT2D eigenvalue weighted by Crippen LogP contribution is -2.30. The van der Waals surface area contributed by atoms with Gasteiger partial charge < -0.3 is 0 Å². The lowest BCUT2D eigenvalue weighted by molar-refractivity contribution is 0.440. The van der Waals surface area contributed by atoms with E-state index >= 15 is 0 Å². The molecule has 1 aromatic heterocycles. The summed E-state index contributed by atoms with van der Waals surface area (Å²) < 4.78 is 26.8. The molecule has 1 heterocycles. The molecule has 2 aromatic rings. The van der Waals surface area contributed by atoms with Crippen LogP contribution < -0.4 is 0 Å². The van der Waals surface area contributed by atoms with Gasteiger partial charge in [0.25, 0.3) is 10.0 Å². The number of nitriles is 1.